The van der Waals surface area contributed by atoms with Crippen LogP contribution in [0.15, 0.2) is 17.1 Å². The van der Waals surface area contributed by atoms with Gasteiger partial charge in [-0.05, 0) is 100.0 Å². The molecule has 1 aliphatic carbocycles. The van der Waals surface area contributed by atoms with Gasteiger partial charge in [0.15, 0.2) is 0 Å². The number of amidine groups is 1. The highest BCUT2D eigenvalue weighted by Gasteiger charge is 2.48. The van der Waals surface area contributed by atoms with Crippen molar-refractivity contribution in [3.05, 3.63) is 34.4 Å². The maximum atomic E-state index is 13.3. The highest BCUT2D eigenvalue weighted by Crippen LogP contribution is 2.38. The summed E-state index contributed by atoms with van der Waals surface area (Å²) in [6.45, 7) is 5.21. The molecule has 0 radical (unpaired) electrons. The van der Waals surface area contributed by atoms with Gasteiger partial charge in [0, 0.05) is 37.9 Å². The fourth-order valence-electron chi connectivity index (χ4n) is 6.40. The van der Waals surface area contributed by atoms with Crippen LogP contribution in [0.3, 0.4) is 0 Å². The Bertz CT molecular complexity index is 1360. The van der Waals surface area contributed by atoms with E-state index < -0.39 is 40.0 Å². The van der Waals surface area contributed by atoms with Crippen LogP contribution < -0.4 is 16.2 Å². The van der Waals surface area contributed by atoms with E-state index in [0.717, 1.165) is 16.7 Å². The molecular weight excluding hydrogens is 587 g/mol. The molecule has 1 saturated carbocycles. The number of carbonyl (C=O) groups excluding carboxylic acids is 3. The number of aliphatic imine (C=N–C) groups is 1. The van der Waals surface area contributed by atoms with E-state index in [-0.39, 0.29) is 62.3 Å². The summed E-state index contributed by atoms with van der Waals surface area (Å²) in [6, 6.07) is 3.31. The molecule has 4 rings (SSSR count). The maximum Gasteiger partial charge on any atom is 0.389 e. The molecule has 43 heavy (non-hydrogen) atoms. The monoisotopic (exact) mass is 627 g/mol. The van der Waals surface area contributed by atoms with Crippen molar-refractivity contribution in [1.29, 1.82) is 0 Å². The molecule has 2 heterocycles. The lowest BCUT2D eigenvalue weighted by Gasteiger charge is -2.34. The quantitative estimate of drug-likeness (QED) is 0.379. The number of piperidine rings is 1. The molecule has 0 unspecified atom stereocenters. The molecular formula is C29H40F3N5O5S. The van der Waals surface area contributed by atoms with Crippen LogP contribution in [0, 0.1) is 25.7 Å². The summed E-state index contributed by atoms with van der Waals surface area (Å²) in [4.78, 5) is 41.1. The Kier molecular flexibility index (Phi) is 9.89. The highest BCUT2D eigenvalue weighted by molar-refractivity contribution is 7.89. The average molecular weight is 628 g/mol. The number of aryl methyl sites for hydroxylation is 2. The minimum Gasteiger partial charge on any atom is -0.312 e. The second kappa shape index (κ2) is 12.9. The third-order valence-corrected chi connectivity index (χ3v) is 10.8. The smallest absolute Gasteiger partial charge is 0.312 e. The first-order valence-corrected chi connectivity index (χ1v) is 16.3. The number of carbonyl (C=O) groups is 3. The zero-order chi connectivity index (χ0) is 31.6. The number of hydrogen-bond donors (Lipinski definition) is 3. The average Bonchev–Trinajstić information content (AvgIpc) is 3.25. The first-order valence-electron chi connectivity index (χ1n) is 14.7. The van der Waals surface area contributed by atoms with Gasteiger partial charge in [-0.3, -0.25) is 30.2 Å². The molecule has 10 nitrogen and oxygen atoms in total. The van der Waals surface area contributed by atoms with Crippen molar-refractivity contribution in [2.45, 2.75) is 90.3 Å². The van der Waals surface area contributed by atoms with Gasteiger partial charge < -0.3 is 5.32 Å². The van der Waals surface area contributed by atoms with Gasteiger partial charge in [-0.2, -0.15) is 13.2 Å². The summed E-state index contributed by atoms with van der Waals surface area (Å²) in [7, 11) is -3.63. The second-order valence-corrected chi connectivity index (χ2v) is 14.1. The number of amides is 3. The number of hydrogen-bond acceptors (Lipinski definition) is 6. The van der Waals surface area contributed by atoms with E-state index in [1.807, 2.05) is 0 Å². The minimum atomic E-state index is -4.14. The minimum absolute atomic E-state index is 0.00145. The summed E-state index contributed by atoms with van der Waals surface area (Å²) in [5, 5.41) is 2.91. The van der Waals surface area contributed by atoms with Gasteiger partial charge in [0.25, 0.3) is 11.8 Å². The molecule has 1 aromatic carbocycles. The summed E-state index contributed by atoms with van der Waals surface area (Å²) in [6.07, 6.45) is -1.31. The Balaban J connectivity index is 1.31. The van der Waals surface area contributed by atoms with E-state index in [1.165, 1.54) is 11.2 Å². The fourth-order valence-corrected chi connectivity index (χ4v) is 7.86. The molecule has 1 saturated heterocycles. The summed E-state index contributed by atoms with van der Waals surface area (Å²) >= 11 is 0. The topological polar surface area (TPSA) is 137 Å². The van der Waals surface area contributed by atoms with E-state index in [4.69, 9.17) is 4.99 Å². The van der Waals surface area contributed by atoms with Crippen LogP contribution in [0.1, 0.15) is 85.3 Å². The van der Waals surface area contributed by atoms with Gasteiger partial charge in [-0.15, -0.1) is 0 Å². The molecule has 3 amide bonds. The normalized spacial score (nSPS) is 22.7. The van der Waals surface area contributed by atoms with Gasteiger partial charge in [0.1, 0.15) is 11.4 Å². The van der Waals surface area contributed by atoms with Crippen molar-refractivity contribution < 1.29 is 36.0 Å². The number of halogens is 3. The fraction of sp³-hybridized carbons (Fsp3) is 0.655. The standard InChI is InChI=1S/C29H40F3N5O5S/c1-18-16-23(26(39)36-35-20(3)38)17-19(2)24(18)9-15-43(41,42)37-13-11-28(12-14-37)27(40)33-25(34-28)22-6-4-21(5-7-22)8-10-29(30,31)32/h16-17,21-22H,4-15H2,1-3H3,(H,35,38)(H,36,39)(H,33,34,40). The molecule has 3 N–H and O–H groups in total. The third kappa shape index (κ3) is 8.14. The zero-order valence-electron chi connectivity index (χ0n) is 24.8. The van der Waals surface area contributed by atoms with Gasteiger partial charge >= 0.3 is 6.18 Å². The van der Waals surface area contributed by atoms with Crippen molar-refractivity contribution in [3.8, 4) is 0 Å². The number of rotatable bonds is 8. The Morgan fingerprint density at radius 1 is 1.07 bits per heavy atom. The SMILES string of the molecule is CC(=O)NNC(=O)c1cc(C)c(CCS(=O)(=O)N2CCC3(CC2)N=C(C2CCC(CCC(F)(F)F)CC2)NC3=O)c(C)c1. The summed E-state index contributed by atoms with van der Waals surface area (Å²) < 4.78 is 65.7. The molecule has 2 fully saturated rings. The van der Waals surface area contributed by atoms with E-state index in [2.05, 4.69) is 16.2 Å². The van der Waals surface area contributed by atoms with Gasteiger partial charge in [-0.1, -0.05) is 0 Å². The van der Waals surface area contributed by atoms with Crippen molar-refractivity contribution in [2.75, 3.05) is 18.8 Å². The van der Waals surface area contributed by atoms with E-state index >= 15 is 0 Å². The molecule has 1 spiro atoms. The van der Waals surface area contributed by atoms with E-state index in [1.54, 1.807) is 26.0 Å². The third-order valence-electron chi connectivity index (χ3n) is 8.93. The number of benzene rings is 1. The Hall–Kier alpha value is -3.00. The number of nitrogens with one attached hydrogen (secondary N) is 3. The zero-order valence-corrected chi connectivity index (χ0v) is 25.6. The molecule has 0 bridgehead atoms. The molecule has 0 aromatic heterocycles. The lowest BCUT2D eigenvalue weighted by atomic mass is 9.79. The van der Waals surface area contributed by atoms with Crippen molar-refractivity contribution >= 4 is 33.6 Å². The second-order valence-electron chi connectivity index (χ2n) is 12.0. The van der Waals surface area contributed by atoms with Crippen LogP contribution in [0.4, 0.5) is 13.2 Å². The molecule has 14 heteroatoms. The Labute approximate surface area is 250 Å². The van der Waals surface area contributed by atoms with Gasteiger partial charge in [0.05, 0.1) is 5.75 Å². The predicted octanol–water partition coefficient (Wildman–Crippen LogP) is 3.47. The Morgan fingerprint density at radius 2 is 1.67 bits per heavy atom. The van der Waals surface area contributed by atoms with Gasteiger partial charge in [-0.25, -0.2) is 12.7 Å². The molecule has 3 aliphatic rings. The number of alkyl halides is 3. The summed E-state index contributed by atoms with van der Waals surface area (Å²) in [5.41, 5.74) is 6.25. The predicted molar refractivity (Wildman–Crippen MR) is 155 cm³/mol. The lowest BCUT2D eigenvalue weighted by molar-refractivity contribution is -0.138. The highest BCUT2D eigenvalue weighted by atomic mass is 32.2. The number of sulfonamides is 1. The van der Waals surface area contributed by atoms with Crippen LogP contribution in [0.5, 0.6) is 0 Å². The largest absolute Gasteiger partial charge is 0.389 e. The van der Waals surface area contributed by atoms with Crippen LogP contribution in [0.2, 0.25) is 0 Å². The van der Waals surface area contributed by atoms with Crippen LogP contribution >= 0.6 is 0 Å². The molecule has 238 valence electrons. The van der Waals surface area contributed by atoms with Crippen molar-refractivity contribution in [3.63, 3.8) is 0 Å². The van der Waals surface area contributed by atoms with Crippen LogP contribution in [-0.4, -0.2) is 66.8 Å². The number of hydrazine groups is 1. The van der Waals surface area contributed by atoms with Crippen molar-refractivity contribution in [1.82, 2.24) is 20.5 Å². The lowest BCUT2D eigenvalue weighted by Crippen LogP contribution is -2.51. The van der Waals surface area contributed by atoms with Crippen LogP contribution in [0.25, 0.3) is 0 Å². The molecule has 0 atom stereocenters. The maximum absolute atomic E-state index is 13.3. The number of nitrogens with zero attached hydrogens (tertiary/aromatic N) is 2. The first-order chi connectivity index (χ1) is 20.1. The van der Waals surface area contributed by atoms with E-state index in [0.29, 0.717) is 37.1 Å². The molecule has 1 aromatic rings. The summed E-state index contributed by atoms with van der Waals surface area (Å²) in [5.74, 6) is -0.616. The molecule has 2 aliphatic heterocycles. The van der Waals surface area contributed by atoms with Crippen LogP contribution in [-0.2, 0) is 26.0 Å². The van der Waals surface area contributed by atoms with E-state index in [9.17, 15) is 36.0 Å². The first kappa shape index (κ1) is 32.9. The Morgan fingerprint density at radius 3 is 2.23 bits per heavy atom. The van der Waals surface area contributed by atoms with Crippen molar-refractivity contribution in [2.24, 2.45) is 16.8 Å². The van der Waals surface area contributed by atoms with Gasteiger partial charge in [0.2, 0.25) is 15.9 Å².